The monoisotopic (exact) mass is 234 g/mol. The Kier molecular flexibility index (Phi) is 2.49. The van der Waals surface area contributed by atoms with E-state index < -0.39 is 0 Å². The van der Waals surface area contributed by atoms with Gasteiger partial charge in [0, 0.05) is 17.3 Å². The number of fused-ring (bicyclic) bond motifs is 1. The van der Waals surface area contributed by atoms with Gasteiger partial charge >= 0.3 is 0 Å². The van der Waals surface area contributed by atoms with Crippen LogP contribution in [0.5, 0.6) is 0 Å². The zero-order valence-corrected chi connectivity index (χ0v) is 10.2. The van der Waals surface area contributed by atoms with Gasteiger partial charge in [-0.3, -0.25) is 4.98 Å². The maximum absolute atomic E-state index is 5.96. The molecule has 3 aromatic rings. The van der Waals surface area contributed by atoms with E-state index in [1.54, 1.807) is 0 Å². The Balaban J connectivity index is 2.16. The molecule has 0 aliphatic carbocycles. The molecule has 0 aliphatic rings. The van der Waals surface area contributed by atoms with Crippen LogP contribution in [-0.4, -0.2) is 4.98 Å². The minimum atomic E-state index is 0.832. The fourth-order valence-electron chi connectivity index (χ4n) is 2.08. The second-order valence-electron chi connectivity index (χ2n) is 4.48. The zero-order valence-electron chi connectivity index (χ0n) is 10.2. The van der Waals surface area contributed by atoms with Gasteiger partial charge in [-0.15, -0.1) is 0 Å². The standard InChI is InChI=1S/C16H14N2/c1-11-4-5-13(10-15(11)17)12-6-7-16-14(9-12)3-2-8-18-16/h2-10H,17H2,1H3. The number of nitrogen functional groups attached to an aromatic ring is 1. The average Bonchev–Trinajstić information content (AvgIpc) is 2.41. The Morgan fingerprint density at radius 3 is 2.56 bits per heavy atom. The lowest BCUT2D eigenvalue weighted by Crippen LogP contribution is -1.90. The van der Waals surface area contributed by atoms with E-state index in [9.17, 15) is 0 Å². The molecule has 3 rings (SSSR count). The predicted octanol–water partition coefficient (Wildman–Crippen LogP) is 3.79. The van der Waals surface area contributed by atoms with Gasteiger partial charge in [0.05, 0.1) is 5.52 Å². The van der Waals surface area contributed by atoms with E-state index >= 15 is 0 Å². The highest BCUT2D eigenvalue weighted by molar-refractivity contribution is 5.84. The summed E-state index contributed by atoms with van der Waals surface area (Å²) in [7, 11) is 0. The van der Waals surface area contributed by atoms with Crippen molar-refractivity contribution >= 4 is 16.6 Å². The molecule has 1 aromatic heterocycles. The molecule has 0 aliphatic heterocycles. The minimum absolute atomic E-state index is 0.832. The highest BCUT2D eigenvalue weighted by Gasteiger charge is 2.02. The van der Waals surface area contributed by atoms with Gasteiger partial charge in [-0.25, -0.2) is 0 Å². The summed E-state index contributed by atoms with van der Waals surface area (Å²) in [6, 6.07) is 16.5. The van der Waals surface area contributed by atoms with E-state index in [2.05, 4.69) is 35.3 Å². The normalized spacial score (nSPS) is 10.7. The van der Waals surface area contributed by atoms with Crippen molar-refractivity contribution in [2.75, 3.05) is 5.73 Å². The third-order valence-corrected chi connectivity index (χ3v) is 3.22. The van der Waals surface area contributed by atoms with Crippen molar-refractivity contribution in [2.45, 2.75) is 6.92 Å². The Morgan fingerprint density at radius 2 is 1.72 bits per heavy atom. The van der Waals surface area contributed by atoms with Crippen molar-refractivity contribution in [3.8, 4) is 11.1 Å². The van der Waals surface area contributed by atoms with E-state index in [-0.39, 0.29) is 0 Å². The second-order valence-corrected chi connectivity index (χ2v) is 4.48. The van der Waals surface area contributed by atoms with Gasteiger partial charge in [-0.1, -0.05) is 24.3 Å². The van der Waals surface area contributed by atoms with Gasteiger partial charge in [0.15, 0.2) is 0 Å². The molecular weight excluding hydrogens is 220 g/mol. The summed E-state index contributed by atoms with van der Waals surface area (Å²) >= 11 is 0. The average molecular weight is 234 g/mol. The van der Waals surface area contributed by atoms with Crippen LogP contribution in [-0.2, 0) is 0 Å². The molecule has 0 spiro atoms. The van der Waals surface area contributed by atoms with Gasteiger partial charge in [0.1, 0.15) is 0 Å². The predicted molar refractivity (Wildman–Crippen MR) is 76.3 cm³/mol. The summed E-state index contributed by atoms with van der Waals surface area (Å²) in [4.78, 5) is 4.32. The number of hydrogen-bond acceptors (Lipinski definition) is 2. The van der Waals surface area contributed by atoms with Crippen molar-refractivity contribution in [3.05, 3.63) is 60.3 Å². The van der Waals surface area contributed by atoms with E-state index in [1.165, 1.54) is 5.56 Å². The van der Waals surface area contributed by atoms with Crippen LogP contribution in [0, 0.1) is 6.92 Å². The van der Waals surface area contributed by atoms with E-state index in [1.807, 2.05) is 31.3 Å². The second kappa shape index (κ2) is 4.15. The molecule has 0 fully saturated rings. The molecule has 0 radical (unpaired) electrons. The fourth-order valence-corrected chi connectivity index (χ4v) is 2.08. The maximum atomic E-state index is 5.96. The molecule has 0 atom stereocenters. The Hall–Kier alpha value is -2.35. The van der Waals surface area contributed by atoms with Crippen molar-refractivity contribution in [3.63, 3.8) is 0 Å². The number of aryl methyl sites for hydroxylation is 1. The first-order chi connectivity index (χ1) is 8.74. The van der Waals surface area contributed by atoms with Crippen LogP contribution in [0.2, 0.25) is 0 Å². The van der Waals surface area contributed by atoms with E-state index in [0.29, 0.717) is 0 Å². The lowest BCUT2D eigenvalue weighted by Gasteiger charge is -2.06. The molecule has 0 saturated carbocycles. The smallest absolute Gasteiger partial charge is 0.0702 e. The highest BCUT2D eigenvalue weighted by atomic mass is 14.6. The molecule has 0 unspecified atom stereocenters. The first-order valence-corrected chi connectivity index (χ1v) is 5.95. The van der Waals surface area contributed by atoms with Crippen LogP contribution >= 0.6 is 0 Å². The minimum Gasteiger partial charge on any atom is -0.398 e. The third-order valence-electron chi connectivity index (χ3n) is 3.22. The molecular formula is C16H14N2. The number of nitrogens with zero attached hydrogens (tertiary/aromatic N) is 1. The molecule has 2 heteroatoms. The molecule has 2 aromatic carbocycles. The molecule has 88 valence electrons. The quantitative estimate of drug-likeness (QED) is 0.650. The lowest BCUT2D eigenvalue weighted by atomic mass is 10.0. The molecule has 0 saturated heterocycles. The number of benzene rings is 2. The van der Waals surface area contributed by atoms with Crippen LogP contribution in [0.4, 0.5) is 5.69 Å². The van der Waals surface area contributed by atoms with Crippen molar-refractivity contribution in [2.24, 2.45) is 0 Å². The number of anilines is 1. The van der Waals surface area contributed by atoms with Crippen LogP contribution in [0.15, 0.2) is 54.7 Å². The largest absolute Gasteiger partial charge is 0.398 e. The summed E-state index contributed by atoms with van der Waals surface area (Å²) in [5.74, 6) is 0. The first kappa shape index (κ1) is 10.8. The SMILES string of the molecule is Cc1ccc(-c2ccc3ncccc3c2)cc1N. The number of aromatic nitrogens is 1. The van der Waals surface area contributed by atoms with Crippen LogP contribution in [0.25, 0.3) is 22.0 Å². The van der Waals surface area contributed by atoms with Crippen molar-refractivity contribution < 1.29 is 0 Å². The number of pyridine rings is 1. The van der Waals surface area contributed by atoms with Gasteiger partial charge in [-0.2, -0.15) is 0 Å². The van der Waals surface area contributed by atoms with Crippen LogP contribution < -0.4 is 5.73 Å². The van der Waals surface area contributed by atoms with Crippen LogP contribution in [0.1, 0.15) is 5.56 Å². The third kappa shape index (κ3) is 1.82. The van der Waals surface area contributed by atoms with Crippen molar-refractivity contribution in [1.82, 2.24) is 4.98 Å². The number of rotatable bonds is 1. The van der Waals surface area contributed by atoms with Crippen molar-refractivity contribution in [1.29, 1.82) is 0 Å². The Morgan fingerprint density at radius 1 is 0.944 bits per heavy atom. The van der Waals surface area contributed by atoms with Gasteiger partial charge in [0.25, 0.3) is 0 Å². The molecule has 2 nitrogen and oxygen atoms in total. The zero-order chi connectivity index (χ0) is 12.5. The number of nitrogens with two attached hydrogens (primary N) is 1. The topological polar surface area (TPSA) is 38.9 Å². The highest BCUT2D eigenvalue weighted by Crippen LogP contribution is 2.26. The molecule has 2 N–H and O–H groups in total. The Labute approximate surface area is 106 Å². The fraction of sp³-hybridized carbons (Fsp3) is 0.0625. The molecule has 0 amide bonds. The summed E-state index contributed by atoms with van der Waals surface area (Å²) in [6.45, 7) is 2.02. The number of hydrogen-bond donors (Lipinski definition) is 1. The molecule has 1 heterocycles. The molecule has 0 bridgehead atoms. The molecule has 18 heavy (non-hydrogen) atoms. The van der Waals surface area contributed by atoms with E-state index in [0.717, 1.165) is 27.7 Å². The maximum Gasteiger partial charge on any atom is 0.0702 e. The first-order valence-electron chi connectivity index (χ1n) is 5.95. The van der Waals surface area contributed by atoms with Gasteiger partial charge in [-0.05, 0) is 47.9 Å². The Bertz CT molecular complexity index is 717. The summed E-state index contributed by atoms with van der Waals surface area (Å²) < 4.78 is 0. The summed E-state index contributed by atoms with van der Waals surface area (Å²) in [5.41, 5.74) is 11.2. The summed E-state index contributed by atoms with van der Waals surface area (Å²) in [6.07, 6.45) is 1.81. The van der Waals surface area contributed by atoms with E-state index in [4.69, 9.17) is 5.73 Å². The lowest BCUT2D eigenvalue weighted by molar-refractivity contribution is 1.41. The van der Waals surface area contributed by atoms with Gasteiger partial charge < -0.3 is 5.73 Å². The van der Waals surface area contributed by atoms with Gasteiger partial charge in [0.2, 0.25) is 0 Å². The summed E-state index contributed by atoms with van der Waals surface area (Å²) in [5, 5.41) is 1.15. The van der Waals surface area contributed by atoms with Crippen LogP contribution in [0.3, 0.4) is 0 Å².